The molecule has 0 amide bonds. The molecular weight excluding hydrogens is 182 g/mol. The van der Waals surface area contributed by atoms with Crippen LogP contribution in [0.15, 0.2) is 23.1 Å². The number of phenols is 1. The monoisotopic (exact) mass is 189 g/mol. The van der Waals surface area contributed by atoms with E-state index in [-0.39, 0.29) is 5.69 Å². The van der Waals surface area contributed by atoms with Gasteiger partial charge in [-0.1, -0.05) is 0 Å². The lowest BCUT2D eigenvalue weighted by molar-refractivity contribution is 0.443. The number of nitrogen functional groups attached to an aromatic ring is 1. The zero-order valence-electron chi connectivity index (χ0n) is 5.93. The van der Waals surface area contributed by atoms with E-state index < -0.39 is 20.8 Å². The minimum absolute atomic E-state index is 0.153. The predicted molar refractivity (Wildman–Crippen MR) is 42.3 cm³/mol. The maximum atomic E-state index is 10.5. The summed E-state index contributed by atoms with van der Waals surface area (Å²) in [4.78, 5) is -0.581. The number of hydrogen-bond acceptors (Lipinski definition) is 4. The van der Waals surface area contributed by atoms with Gasteiger partial charge in [0.1, 0.15) is 10.6 Å². The summed E-state index contributed by atoms with van der Waals surface area (Å²) in [5, 5.41) is 8.98. The van der Waals surface area contributed by atoms with Crippen LogP contribution in [0.25, 0.3) is 0 Å². The maximum Gasteiger partial charge on any atom is 0.298 e. The minimum Gasteiger partial charge on any atom is -0.506 e. The molecule has 66 valence electrons. The molecule has 0 radical (unpaired) electrons. The van der Waals surface area contributed by atoms with Gasteiger partial charge in [0.15, 0.2) is 0 Å². The third kappa shape index (κ3) is 1.66. The van der Waals surface area contributed by atoms with Crippen molar-refractivity contribution in [2.45, 2.75) is 4.90 Å². The van der Waals surface area contributed by atoms with E-state index in [1.54, 1.807) is 0 Å². The highest BCUT2D eigenvalue weighted by atomic mass is 32.2. The molecule has 0 bridgehead atoms. The van der Waals surface area contributed by atoms with Gasteiger partial charge in [0, 0.05) is 5.69 Å². The van der Waals surface area contributed by atoms with Crippen LogP contribution in [-0.2, 0) is 10.1 Å². The fraction of sp³-hybridized carbons (Fsp3) is 0. The predicted octanol–water partition coefficient (Wildman–Crippen LogP) is 0.221. The Hall–Kier alpha value is -1.27. The Bertz CT molecular complexity index is 398. The van der Waals surface area contributed by atoms with E-state index in [2.05, 4.69) is 0 Å². The lowest BCUT2D eigenvalue weighted by atomic mass is 10.3. The number of rotatable bonds is 1. The zero-order chi connectivity index (χ0) is 9.35. The molecule has 1 aromatic rings. The Morgan fingerprint density at radius 1 is 1.33 bits per heavy atom. The molecule has 5 nitrogen and oxygen atoms in total. The Morgan fingerprint density at radius 3 is 2.33 bits per heavy atom. The summed E-state index contributed by atoms with van der Waals surface area (Å²) in [5.74, 6) is -0.522. The Morgan fingerprint density at radius 2 is 1.92 bits per heavy atom. The van der Waals surface area contributed by atoms with Crippen LogP contribution in [0, 0.1) is 0 Å². The van der Waals surface area contributed by atoms with Crippen molar-refractivity contribution in [3.63, 3.8) is 0 Å². The average molecular weight is 189 g/mol. The summed E-state index contributed by atoms with van der Waals surface area (Å²) < 4.78 is 29.6. The van der Waals surface area contributed by atoms with Crippen molar-refractivity contribution >= 4 is 15.8 Å². The highest BCUT2D eigenvalue weighted by molar-refractivity contribution is 7.86. The van der Waals surface area contributed by atoms with Gasteiger partial charge in [-0.15, -0.1) is 0 Å². The van der Waals surface area contributed by atoms with E-state index in [1.165, 1.54) is 6.07 Å². The molecule has 0 unspecified atom stereocenters. The van der Waals surface area contributed by atoms with Crippen molar-refractivity contribution < 1.29 is 18.1 Å². The van der Waals surface area contributed by atoms with Crippen LogP contribution in [0.1, 0.15) is 0 Å². The first-order valence-corrected chi connectivity index (χ1v) is 4.41. The normalized spacial score (nSPS) is 11.4. The number of anilines is 1. The molecule has 12 heavy (non-hydrogen) atoms. The van der Waals surface area contributed by atoms with Gasteiger partial charge in [-0.2, -0.15) is 8.42 Å². The molecule has 0 aliphatic carbocycles. The first-order chi connectivity index (χ1) is 5.41. The molecule has 0 saturated carbocycles. The summed E-state index contributed by atoms with van der Waals surface area (Å²) >= 11 is 0. The zero-order valence-corrected chi connectivity index (χ0v) is 6.75. The molecular formula is C6H7NO4S. The number of benzene rings is 1. The van der Waals surface area contributed by atoms with Gasteiger partial charge in [-0.3, -0.25) is 4.55 Å². The number of hydrogen-bond donors (Lipinski definition) is 3. The molecule has 0 spiro atoms. The molecule has 0 atom stereocenters. The van der Waals surface area contributed by atoms with E-state index in [0.717, 1.165) is 12.1 Å². The molecule has 1 rings (SSSR count). The van der Waals surface area contributed by atoms with Crippen LogP contribution in [0.4, 0.5) is 5.69 Å². The molecule has 1 aromatic carbocycles. The number of nitrogens with two attached hydrogens (primary N) is 1. The summed E-state index contributed by atoms with van der Waals surface area (Å²) in [6.45, 7) is 0. The number of phenolic OH excluding ortho intramolecular Hbond substituents is 1. The van der Waals surface area contributed by atoms with Crippen LogP contribution in [-0.4, -0.2) is 18.1 Å². The third-order valence-electron chi connectivity index (χ3n) is 1.26. The minimum atomic E-state index is -4.39. The van der Waals surface area contributed by atoms with Crippen LogP contribution >= 0.6 is 0 Å². The topological polar surface area (TPSA) is 101 Å². The quantitative estimate of drug-likeness (QED) is 0.333. The Balaban J connectivity index is 3.43. The smallest absolute Gasteiger partial charge is 0.298 e. The van der Waals surface area contributed by atoms with E-state index in [0.29, 0.717) is 0 Å². The lowest BCUT2D eigenvalue weighted by Gasteiger charge is -2.00. The highest BCUT2D eigenvalue weighted by Gasteiger charge is 2.14. The van der Waals surface area contributed by atoms with Gasteiger partial charge >= 0.3 is 0 Å². The van der Waals surface area contributed by atoms with E-state index in [9.17, 15) is 8.42 Å². The average Bonchev–Trinajstić information content (AvgIpc) is 1.92. The summed E-state index contributed by atoms with van der Waals surface area (Å²) in [5.41, 5.74) is 5.39. The summed E-state index contributed by atoms with van der Waals surface area (Å²) in [6, 6.07) is 3.40. The molecule has 0 aromatic heterocycles. The first-order valence-electron chi connectivity index (χ1n) is 2.97. The molecule has 6 heteroatoms. The highest BCUT2D eigenvalue weighted by Crippen LogP contribution is 2.23. The van der Waals surface area contributed by atoms with Gasteiger partial charge in [0.05, 0.1) is 0 Å². The summed E-state index contributed by atoms with van der Waals surface area (Å²) in [6.07, 6.45) is 0. The number of aromatic hydroxyl groups is 1. The molecule has 0 saturated heterocycles. The Labute approximate surface area is 69.2 Å². The summed E-state index contributed by atoms with van der Waals surface area (Å²) in [7, 11) is -4.39. The second kappa shape index (κ2) is 2.65. The fourth-order valence-electron chi connectivity index (χ4n) is 0.737. The molecule has 0 aliphatic rings. The molecule has 0 heterocycles. The fourth-order valence-corrected chi connectivity index (χ4v) is 1.35. The van der Waals surface area contributed by atoms with Gasteiger partial charge in [-0.05, 0) is 18.2 Å². The first kappa shape index (κ1) is 8.82. The van der Waals surface area contributed by atoms with Gasteiger partial charge in [-0.25, -0.2) is 0 Å². The van der Waals surface area contributed by atoms with Gasteiger partial charge in [0.2, 0.25) is 0 Å². The van der Waals surface area contributed by atoms with Crippen molar-refractivity contribution in [2.24, 2.45) is 0 Å². The SMILES string of the molecule is Nc1ccc(O)c(S(=O)(=O)O)c1. The molecule has 4 N–H and O–H groups in total. The molecule has 0 fully saturated rings. The van der Waals surface area contributed by atoms with Crippen molar-refractivity contribution in [3.05, 3.63) is 18.2 Å². The second-order valence-electron chi connectivity index (χ2n) is 2.20. The van der Waals surface area contributed by atoms with Crippen molar-refractivity contribution in [2.75, 3.05) is 5.73 Å². The van der Waals surface area contributed by atoms with Crippen LogP contribution in [0.5, 0.6) is 5.75 Å². The van der Waals surface area contributed by atoms with Crippen LogP contribution < -0.4 is 5.73 Å². The van der Waals surface area contributed by atoms with Crippen LogP contribution in [0.3, 0.4) is 0 Å². The lowest BCUT2D eigenvalue weighted by Crippen LogP contribution is -1.99. The van der Waals surface area contributed by atoms with Gasteiger partial charge in [0.25, 0.3) is 10.1 Å². The van der Waals surface area contributed by atoms with E-state index in [1.807, 2.05) is 0 Å². The standard InChI is InChI=1S/C6H7NO4S/c7-4-1-2-5(8)6(3-4)12(9,10)11/h1-3,8H,7H2,(H,9,10,11). The van der Waals surface area contributed by atoms with Crippen molar-refractivity contribution in [3.8, 4) is 5.75 Å². The van der Waals surface area contributed by atoms with E-state index in [4.69, 9.17) is 15.4 Å². The Kier molecular flexibility index (Phi) is 1.95. The van der Waals surface area contributed by atoms with Crippen LogP contribution in [0.2, 0.25) is 0 Å². The van der Waals surface area contributed by atoms with Gasteiger partial charge < -0.3 is 10.8 Å². The second-order valence-corrected chi connectivity index (χ2v) is 3.59. The third-order valence-corrected chi connectivity index (χ3v) is 2.14. The van der Waals surface area contributed by atoms with Crippen molar-refractivity contribution in [1.82, 2.24) is 0 Å². The van der Waals surface area contributed by atoms with E-state index >= 15 is 0 Å². The largest absolute Gasteiger partial charge is 0.506 e. The molecule has 0 aliphatic heterocycles. The van der Waals surface area contributed by atoms with Crippen molar-refractivity contribution in [1.29, 1.82) is 0 Å². The maximum absolute atomic E-state index is 10.5.